The third kappa shape index (κ3) is 3.83. The SMILES string of the molecule is O=[N+]([O-])c1cc(Br)cc2c3cc(Br)ccc3n(CC(O)CN3CCCCC3)c12. The van der Waals surface area contributed by atoms with Gasteiger partial charge in [0.15, 0.2) is 0 Å². The highest BCUT2D eigenvalue weighted by Crippen LogP contribution is 2.38. The van der Waals surface area contributed by atoms with Crippen molar-refractivity contribution >= 4 is 59.4 Å². The summed E-state index contributed by atoms with van der Waals surface area (Å²) in [4.78, 5) is 13.7. The van der Waals surface area contributed by atoms with E-state index in [9.17, 15) is 15.2 Å². The summed E-state index contributed by atoms with van der Waals surface area (Å²) in [5.74, 6) is 0. The van der Waals surface area contributed by atoms with Gasteiger partial charge < -0.3 is 14.6 Å². The summed E-state index contributed by atoms with van der Waals surface area (Å²) in [7, 11) is 0. The first-order valence-corrected chi connectivity index (χ1v) is 11.0. The molecule has 0 spiro atoms. The number of nitro groups is 1. The number of β-amino-alcohol motifs (C(OH)–C–C–N with tert-alkyl or cyclic N) is 1. The van der Waals surface area contributed by atoms with Crippen molar-refractivity contribution in [3.05, 3.63) is 49.4 Å². The fourth-order valence-corrected chi connectivity index (χ4v) is 5.00. The standard InChI is InChI=1S/C20H21Br2N3O3/c21-13-4-5-18-16(8-13)17-9-14(22)10-19(25(27)28)20(17)24(18)12-15(26)11-23-6-2-1-3-7-23/h4-5,8-10,15,26H,1-3,6-7,11-12H2. The van der Waals surface area contributed by atoms with E-state index in [-0.39, 0.29) is 10.6 Å². The second-order valence-electron chi connectivity index (χ2n) is 7.37. The maximum atomic E-state index is 11.8. The molecule has 0 aliphatic carbocycles. The molecule has 1 fully saturated rings. The number of rotatable bonds is 5. The number of halogens is 2. The Kier molecular flexibility index (Phi) is 5.73. The van der Waals surface area contributed by atoms with Gasteiger partial charge in [0.05, 0.1) is 17.6 Å². The van der Waals surface area contributed by atoms with Crippen LogP contribution in [0.3, 0.4) is 0 Å². The van der Waals surface area contributed by atoms with Crippen LogP contribution in [0.4, 0.5) is 5.69 Å². The van der Waals surface area contributed by atoms with Gasteiger partial charge in [0.2, 0.25) is 0 Å². The summed E-state index contributed by atoms with van der Waals surface area (Å²) in [6.07, 6.45) is 2.98. The van der Waals surface area contributed by atoms with E-state index in [2.05, 4.69) is 36.8 Å². The second-order valence-corrected chi connectivity index (χ2v) is 9.20. The molecule has 4 rings (SSSR count). The lowest BCUT2D eigenvalue weighted by Gasteiger charge is -2.28. The predicted octanol–water partition coefficient (Wildman–Crippen LogP) is 5.07. The molecule has 28 heavy (non-hydrogen) atoms. The maximum Gasteiger partial charge on any atom is 0.294 e. The Morgan fingerprint density at radius 1 is 1.04 bits per heavy atom. The minimum atomic E-state index is -0.594. The summed E-state index contributed by atoms with van der Waals surface area (Å²) in [6.45, 7) is 2.91. The van der Waals surface area contributed by atoms with E-state index in [1.165, 1.54) is 12.5 Å². The first-order valence-electron chi connectivity index (χ1n) is 9.40. The van der Waals surface area contributed by atoms with Crippen molar-refractivity contribution in [2.75, 3.05) is 19.6 Å². The molecule has 148 valence electrons. The van der Waals surface area contributed by atoms with E-state index in [4.69, 9.17) is 0 Å². The zero-order chi connectivity index (χ0) is 19.8. The molecule has 2 heterocycles. The number of piperidine rings is 1. The number of benzene rings is 2. The topological polar surface area (TPSA) is 71.5 Å². The largest absolute Gasteiger partial charge is 0.390 e. The number of likely N-dealkylation sites (tertiary alicyclic amines) is 1. The zero-order valence-electron chi connectivity index (χ0n) is 15.3. The van der Waals surface area contributed by atoms with Crippen LogP contribution in [0, 0.1) is 10.1 Å². The quantitative estimate of drug-likeness (QED) is 0.384. The highest BCUT2D eigenvalue weighted by molar-refractivity contribution is 9.10. The number of nitrogens with zero attached hydrogens (tertiary/aromatic N) is 3. The molecule has 3 aromatic rings. The van der Waals surface area contributed by atoms with Crippen LogP contribution in [0.25, 0.3) is 21.8 Å². The molecule has 1 saturated heterocycles. The van der Waals surface area contributed by atoms with Gasteiger partial charge in [-0.2, -0.15) is 0 Å². The van der Waals surface area contributed by atoms with Crippen LogP contribution in [0.5, 0.6) is 0 Å². The lowest BCUT2D eigenvalue weighted by atomic mass is 10.1. The fraction of sp³-hybridized carbons (Fsp3) is 0.400. The summed E-state index contributed by atoms with van der Waals surface area (Å²) in [5, 5.41) is 24.3. The number of nitro benzene ring substituents is 1. The minimum Gasteiger partial charge on any atom is -0.390 e. The van der Waals surface area contributed by atoms with Gasteiger partial charge in [-0.1, -0.05) is 38.3 Å². The molecule has 1 aromatic heterocycles. The molecule has 0 amide bonds. The molecule has 1 aliphatic heterocycles. The summed E-state index contributed by atoms with van der Waals surface area (Å²) < 4.78 is 3.48. The van der Waals surface area contributed by atoms with Gasteiger partial charge in [-0.15, -0.1) is 0 Å². The van der Waals surface area contributed by atoms with Crippen LogP contribution in [0.1, 0.15) is 19.3 Å². The molecule has 6 nitrogen and oxygen atoms in total. The molecule has 0 radical (unpaired) electrons. The van der Waals surface area contributed by atoms with Crippen LogP contribution < -0.4 is 0 Å². The van der Waals surface area contributed by atoms with Crippen molar-refractivity contribution in [1.82, 2.24) is 9.47 Å². The van der Waals surface area contributed by atoms with Crippen molar-refractivity contribution < 1.29 is 10.0 Å². The number of aliphatic hydroxyl groups excluding tert-OH is 1. The first kappa shape index (κ1) is 19.8. The van der Waals surface area contributed by atoms with Crippen molar-refractivity contribution in [3.8, 4) is 0 Å². The average molecular weight is 511 g/mol. The van der Waals surface area contributed by atoms with Crippen molar-refractivity contribution in [3.63, 3.8) is 0 Å². The molecule has 1 N–H and O–H groups in total. The number of hydrogen-bond acceptors (Lipinski definition) is 4. The van der Waals surface area contributed by atoms with Crippen LogP contribution in [0.15, 0.2) is 39.3 Å². The number of aromatic nitrogens is 1. The Hall–Kier alpha value is -1.48. The molecule has 8 heteroatoms. The van der Waals surface area contributed by atoms with Gasteiger partial charge in [0, 0.05) is 37.8 Å². The van der Waals surface area contributed by atoms with Crippen LogP contribution in [-0.4, -0.2) is 45.2 Å². The van der Waals surface area contributed by atoms with Crippen molar-refractivity contribution in [1.29, 1.82) is 0 Å². The van der Waals surface area contributed by atoms with E-state index in [1.807, 2.05) is 28.8 Å². The van der Waals surface area contributed by atoms with Gasteiger partial charge in [0.25, 0.3) is 5.69 Å². The molecule has 1 unspecified atom stereocenters. The van der Waals surface area contributed by atoms with Crippen molar-refractivity contribution in [2.45, 2.75) is 31.9 Å². The third-order valence-corrected chi connectivity index (χ3v) is 6.32. The first-order chi connectivity index (χ1) is 13.4. The third-order valence-electron chi connectivity index (χ3n) is 5.37. The number of hydrogen-bond donors (Lipinski definition) is 1. The van der Waals surface area contributed by atoms with E-state index in [0.717, 1.165) is 46.7 Å². The highest BCUT2D eigenvalue weighted by atomic mass is 79.9. The Morgan fingerprint density at radius 2 is 1.75 bits per heavy atom. The van der Waals surface area contributed by atoms with E-state index in [1.54, 1.807) is 0 Å². The van der Waals surface area contributed by atoms with Gasteiger partial charge in [-0.05, 0) is 50.2 Å². The minimum absolute atomic E-state index is 0.0434. The Labute approximate surface area is 179 Å². The monoisotopic (exact) mass is 509 g/mol. The van der Waals surface area contributed by atoms with E-state index in [0.29, 0.717) is 23.1 Å². The van der Waals surface area contributed by atoms with Gasteiger partial charge in [-0.3, -0.25) is 10.1 Å². The molecule has 1 aliphatic rings. The van der Waals surface area contributed by atoms with Gasteiger partial charge >= 0.3 is 0 Å². The van der Waals surface area contributed by atoms with Crippen molar-refractivity contribution in [2.24, 2.45) is 0 Å². The smallest absolute Gasteiger partial charge is 0.294 e. The van der Waals surface area contributed by atoms with Crippen LogP contribution in [-0.2, 0) is 6.54 Å². The molecule has 0 bridgehead atoms. The predicted molar refractivity (Wildman–Crippen MR) is 118 cm³/mol. The van der Waals surface area contributed by atoms with Crippen LogP contribution in [0.2, 0.25) is 0 Å². The zero-order valence-corrected chi connectivity index (χ0v) is 18.4. The average Bonchev–Trinajstić information content (AvgIpc) is 2.94. The number of fused-ring (bicyclic) bond motifs is 3. The molecular formula is C20H21Br2N3O3. The summed E-state index contributed by atoms with van der Waals surface area (Å²) in [6, 6.07) is 9.29. The normalized spacial score (nSPS) is 16.7. The lowest BCUT2D eigenvalue weighted by Crippen LogP contribution is -2.38. The molecule has 1 atom stereocenters. The van der Waals surface area contributed by atoms with Crippen LogP contribution >= 0.6 is 31.9 Å². The second kappa shape index (κ2) is 8.10. The number of aliphatic hydroxyl groups is 1. The molecule has 0 saturated carbocycles. The van der Waals surface area contributed by atoms with Gasteiger partial charge in [0.1, 0.15) is 5.52 Å². The van der Waals surface area contributed by atoms with E-state index >= 15 is 0 Å². The lowest BCUT2D eigenvalue weighted by molar-refractivity contribution is -0.383. The van der Waals surface area contributed by atoms with E-state index < -0.39 is 6.10 Å². The number of non-ortho nitro benzene ring substituents is 1. The molecule has 2 aromatic carbocycles. The Bertz CT molecular complexity index is 1040. The highest BCUT2D eigenvalue weighted by Gasteiger charge is 2.24. The Morgan fingerprint density at radius 3 is 2.46 bits per heavy atom. The summed E-state index contributed by atoms with van der Waals surface area (Å²) in [5.41, 5.74) is 1.48. The fourth-order valence-electron chi connectivity index (χ4n) is 4.19. The summed E-state index contributed by atoms with van der Waals surface area (Å²) >= 11 is 6.90. The molecular weight excluding hydrogens is 490 g/mol. The Balaban J connectivity index is 1.82. The van der Waals surface area contributed by atoms with Gasteiger partial charge in [-0.25, -0.2) is 0 Å². The maximum absolute atomic E-state index is 11.8.